The van der Waals surface area contributed by atoms with Gasteiger partial charge in [-0.15, -0.1) is 11.8 Å². The van der Waals surface area contributed by atoms with Crippen molar-refractivity contribution < 1.29 is 19.1 Å². The molecule has 1 rings (SSSR count). The van der Waals surface area contributed by atoms with E-state index in [1.54, 1.807) is 23.9 Å². The smallest absolute Gasteiger partial charge is 0.342 e. The van der Waals surface area contributed by atoms with E-state index >= 15 is 0 Å². The molecule has 0 saturated carbocycles. The van der Waals surface area contributed by atoms with E-state index in [2.05, 4.69) is 5.32 Å². The van der Waals surface area contributed by atoms with Crippen LogP contribution in [0, 0.1) is 0 Å². The van der Waals surface area contributed by atoms with Crippen LogP contribution in [0.1, 0.15) is 37.6 Å². The minimum atomic E-state index is -0.575. The summed E-state index contributed by atoms with van der Waals surface area (Å²) in [5.74, 6) is -0.458. The number of rotatable bonds is 7. The molecule has 1 amide bonds. The zero-order chi connectivity index (χ0) is 16.8. The predicted octanol–water partition coefficient (Wildman–Crippen LogP) is 2.88. The van der Waals surface area contributed by atoms with Gasteiger partial charge in [0.15, 0.2) is 6.61 Å². The van der Waals surface area contributed by atoms with Gasteiger partial charge in [-0.25, -0.2) is 4.79 Å². The van der Waals surface area contributed by atoms with Gasteiger partial charge in [0.25, 0.3) is 5.91 Å². The summed E-state index contributed by atoms with van der Waals surface area (Å²) < 4.78 is 10.3. The number of benzene rings is 1. The Morgan fingerprint density at radius 1 is 1.32 bits per heavy atom. The number of ether oxygens (including phenoxy) is 2. The molecule has 0 bridgehead atoms. The molecule has 0 atom stereocenters. The van der Waals surface area contributed by atoms with Gasteiger partial charge in [0, 0.05) is 10.4 Å². The van der Waals surface area contributed by atoms with Crippen LogP contribution in [0.15, 0.2) is 23.1 Å². The van der Waals surface area contributed by atoms with Gasteiger partial charge in [-0.3, -0.25) is 4.79 Å². The first-order valence-corrected chi connectivity index (χ1v) is 8.25. The maximum absolute atomic E-state index is 12.1. The standard InChI is InChI=1S/C16H23NO4S/c1-6-16(2,3)17-14(18)10-21-15(19)12-8-7-11(22-5)9-13(12)20-4/h7-9H,6,10H2,1-5H3,(H,17,18). The van der Waals surface area contributed by atoms with Gasteiger partial charge < -0.3 is 14.8 Å². The molecule has 0 radical (unpaired) electrons. The Bertz CT molecular complexity index is 543. The molecule has 0 aliphatic heterocycles. The average molecular weight is 325 g/mol. The Balaban J connectivity index is 2.68. The number of thioether (sulfide) groups is 1. The topological polar surface area (TPSA) is 64.6 Å². The first-order chi connectivity index (χ1) is 10.3. The van der Waals surface area contributed by atoms with E-state index in [4.69, 9.17) is 9.47 Å². The van der Waals surface area contributed by atoms with E-state index in [9.17, 15) is 9.59 Å². The first-order valence-electron chi connectivity index (χ1n) is 7.03. The molecule has 0 aliphatic rings. The van der Waals surface area contributed by atoms with E-state index in [0.29, 0.717) is 11.3 Å². The number of esters is 1. The van der Waals surface area contributed by atoms with Gasteiger partial charge in [-0.2, -0.15) is 0 Å². The number of hydrogen-bond acceptors (Lipinski definition) is 5. The van der Waals surface area contributed by atoms with E-state index in [0.717, 1.165) is 11.3 Å². The maximum atomic E-state index is 12.1. The fraction of sp³-hybridized carbons (Fsp3) is 0.500. The summed E-state index contributed by atoms with van der Waals surface area (Å²) in [6.07, 6.45) is 2.73. The molecule has 0 aliphatic carbocycles. The lowest BCUT2D eigenvalue weighted by Gasteiger charge is -2.24. The van der Waals surface area contributed by atoms with Crippen molar-refractivity contribution in [1.82, 2.24) is 5.32 Å². The van der Waals surface area contributed by atoms with E-state index < -0.39 is 5.97 Å². The number of amides is 1. The molecule has 1 aromatic carbocycles. The Kier molecular flexibility index (Phi) is 6.74. The Hall–Kier alpha value is -1.69. The quantitative estimate of drug-likeness (QED) is 0.617. The van der Waals surface area contributed by atoms with Gasteiger partial charge in [0.2, 0.25) is 0 Å². The van der Waals surface area contributed by atoms with Crippen LogP contribution in [0.5, 0.6) is 5.75 Å². The lowest BCUT2D eigenvalue weighted by atomic mass is 10.0. The summed E-state index contributed by atoms with van der Waals surface area (Å²) in [4.78, 5) is 24.8. The van der Waals surface area contributed by atoms with Crippen molar-refractivity contribution in [3.63, 3.8) is 0 Å². The first kappa shape index (κ1) is 18.4. The van der Waals surface area contributed by atoms with Crippen LogP contribution < -0.4 is 10.1 Å². The molecular formula is C16H23NO4S. The number of carbonyl (C=O) groups excluding carboxylic acids is 2. The molecule has 0 saturated heterocycles. The summed E-state index contributed by atoms with van der Waals surface area (Å²) in [6, 6.07) is 5.21. The molecule has 5 nitrogen and oxygen atoms in total. The summed E-state index contributed by atoms with van der Waals surface area (Å²) in [5, 5.41) is 2.81. The predicted molar refractivity (Wildman–Crippen MR) is 87.6 cm³/mol. The normalized spacial score (nSPS) is 11.0. The van der Waals surface area contributed by atoms with Crippen molar-refractivity contribution in [2.24, 2.45) is 0 Å². The largest absolute Gasteiger partial charge is 0.496 e. The molecule has 0 heterocycles. The summed E-state index contributed by atoms with van der Waals surface area (Å²) in [5.41, 5.74) is -0.0101. The fourth-order valence-corrected chi connectivity index (χ4v) is 2.11. The molecule has 0 aromatic heterocycles. The lowest BCUT2D eigenvalue weighted by Crippen LogP contribution is -2.44. The Morgan fingerprint density at radius 2 is 2.00 bits per heavy atom. The van der Waals surface area contributed by atoms with Crippen molar-refractivity contribution >= 4 is 23.6 Å². The molecule has 22 heavy (non-hydrogen) atoms. The minimum Gasteiger partial charge on any atom is -0.496 e. The highest BCUT2D eigenvalue weighted by Gasteiger charge is 2.20. The highest BCUT2D eigenvalue weighted by molar-refractivity contribution is 7.98. The summed E-state index contributed by atoms with van der Waals surface area (Å²) in [6.45, 7) is 5.49. The molecule has 1 N–H and O–H groups in total. The van der Waals surface area contributed by atoms with Gasteiger partial charge in [-0.1, -0.05) is 6.92 Å². The van der Waals surface area contributed by atoms with Gasteiger partial charge >= 0.3 is 5.97 Å². The Morgan fingerprint density at radius 3 is 2.55 bits per heavy atom. The van der Waals surface area contributed by atoms with Crippen LogP contribution in [0.25, 0.3) is 0 Å². The number of methoxy groups -OCH3 is 1. The van der Waals surface area contributed by atoms with Crippen molar-refractivity contribution in [2.75, 3.05) is 20.0 Å². The van der Waals surface area contributed by atoms with Crippen molar-refractivity contribution in [2.45, 2.75) is 37.6 Å². The van der Waals surface area contributed by atoms with Crippen LogP contribution >= 0.6 is 11.8 Å². The molecular weight excluding hydrogens is 302 g/mol. The number of carbonyl (C=O) groups is 2. The van der Waals surface area contributed by atoms with Crippen molar-refractivity contribution in [3.05, 3.63) is 23.8 Å². The second-order valence-electron chi connectivity index (χ2n) is 5.43. The van der Waals surface area contributed by atoms with Gasteiger partial charge in [-0.05, 0) is 44.7 Å². The molecule has 0 spiro atoms. The highest BCUT2D eigenvalue weighted by Crippen LogP contribution is 2.25. The third-order valence-corrected chi connectivity index (χ3v) is 4.05. The average Bonchev–Trinajstić information content (AvgIpc) is 2.51. The SMILES string of the molecule is CCC(C)(C)NC(=O)COC(=O)c1ccc(SC)cc1OC. The molecule has 122 valence electrons. The number of hydrogen-bond donors (Lipinski definition) is 1. The Labute approximate surface area is 135 Å². The summed E-state index contributed by atoms with van der Waals surface area (Å²) in [7, 11) is 1.49. The highest BCUT2D eigenvalue weighted by atomic mass is 32.2. The molecule has 0 unspecified atom stereocenters. The van der Waals surface area contributed by atoms with Crippen LogP contribution in [0.3, 0.4) is 0 Å². The lowest BCUT2D eigenvalue weighted by molar-refractivity contribution is -0.125. The van der Waals surface area contributed by atoms with Crippen LogP contribution in [-0.4, -0.2) is 37.4 Å². The minimum absolute atomic E-state index is 0.308. The third-order valence-electron chi connectivity index (χ3n) is 3.32. The van der Waals surface area contributed by atoms with Crippen LogP contribution in [0.2, 0.25) is 0 Å². The zero-order valence-electron chi connectivity index (χ0n) is 13.7. The van der Waals surface area contributed by atoms with Crippen LogP contribution in [0.4, 0.5) is 0 Å². The van der Waals surface area contributed by atoms with Crippen molar-refractivity contribution in [3.8, 4) is 5.75 Å². The zero-order valence-corrected chi connectivity index (χ0v) is 14.5. The second-order valence-corrected chi connectivity index (χ2v) is 6.31. The fourth-order valence-electron chi connectivity index (χ4n) is 1.68. The van der Waals surface area contributed by atoms with Crippen LogP contribution in [-0.2, 0) is 9.53 Å². The molecule has 6 heteroatoms. The second kappa shape index (κ2) is 8.08. The summed E-state index contributed by atoms with van der Waals surface area (Å²) >= 11 is 1.55. The molecule has 1 aromatic rings. The van der Waals surface area contributed by atoms with E-state index in [1.165, 1.54) is 7.11 Å². The van der Waals surface area contributed by atoms with Crippen molar-refractivity contribution in [1.29, 1.82) is 0 Å². The maximum Gasteiger partial charge on any atom is 0.342 e. The molecule has 0 fully saturated rings. The van der Waals surface area contributed by atoms with Gasteiger partial charge in [0.1, 0.15) is 11.3 Å². The number of nitrogens with one attached hydrogen (secondary N) is 1. The van der Waals surface area contributed by atoms with E-state index in [-0.39, 0.29) is 18.1 Å². The third kappa shape index (κ3) is 5.26. The van der Waals surface area contributed by atoms with E-state index in [1.807, 2.05) is 33.1 Å². The monoisotopic (exact) mass is 325 g/mol. The van der Waals surface area contributed by atoms with Gasteiger partial charge in [0.05, 0.1) is 7.11 Å².